The van der Waals surface area contributed by atoms with Crippen molar-refractivity contribution in [3.05, 3.63) is 0 Å². The van der Waals surface area contributed by atoms with Gasteiger partial charge in [-0.15, -0.1) is 0 Å². The van der Waals surface area contributed by atoms with Gasteiger partial charge < -0.3 is 10.1 Å². The summed E-state index contributed by atoms with van der Waals surface area (Å²) >= 11 is 0. The first-order valence-corrected chi connectivity index (χ1v) is 4.02. The Kier molecular flexibility index (Phi) is 3.66. The van der Waals surface area contributed by atoms with E-state index in [0.29, 0.717) is 0 Å². The number of methoxy groups -OCH3 is 1. The second-order valence-electron chi connectivity index (χ2n) is 2.58. The highest BCUT2D eigenvalue weighted by atomic mass is 19.4. The predicted octanol–water partition coefficient (Wildman–Crippen LogP) is 0.140. The van der Waals surface area contributed by atoms with Crippen molar-refractivity contribution < 1.29 is 17.9 Å². The van der Waals surface area contributed by atoms with Crippen LogP contribution in [0.25, 0.3) is 0 Å². The maximum absolute atomic E-state index is 11.9. The number of anilines is 2. The van der Waals surface area contributed by atoms with Crippen LogP contribution >= 0.6 is 0 Å². The van der Waals surface area contributed by atoms with Crippen molar-refractivity contribution in [2.24, 2.45) is 5.84 Å². The zero-order valence-corrected chi connectivity index (χ0v) is 8.17. The van der Waals surface area contributed by atoms with Gasteiger partial charge in [0.05, 0.1) is 7.11 Å². The number of nitrogens with two attached hydrogens (primary N) is 1. The number of nitrogens with zero attached hydrogens (tertiary/aromatic N) is 3. The molecule has 0 fully saturated rings. The molecule has 0 radical (unpaired) electrons. The fourth-order valence-corrected chi connectivity index (χ4v) is 0.771. The number of hydrogen-bond donors (Lipinski definition) is 3. The average Bonchev–Trinajstić information content (AvgIpc) is 2.25. The van der Waals surface area contributed by atoms with Crippen LogP contribution in [-0.2, 0) is 0 Å². The summed E-state index contributed by atoms with van der Waals surface area (Å²) in [5.41, 5.74) is 2.08. The lowest BCUT2D eigenvalue weighted by atomic mass is 10.6. The summed E-state index contributed by atoms with van der Waals surface area (Å²) in [6.07, 6.45) is -4.36. The molecular weight excluding hydrogens is 229 g/mol. The fraction of sp³-hybridized carbons (Fsp3) is 0.500. The van der Waals surface area contributed by atoms with E-state index >= 15 is 0 Å². The third kappa shape index (κ3) is 3.73. The second-order valence-corrected chi connectivity index (χ2v) is 2.58. The Morgan fingerprint density at radius 1 is 1.25 bits per heavy atom. The molecule has 4 N–H and O–H groups in total. The van der Waals surface area contributed by atoms with Gasteiger partial charge in [-0.3, -0.25) is 5.43 Å². The normalized spacial score (nSPS) is 11.1. The second kappa shape index (κ2) is 4.79. The highest BCUT2D eigenvalue weighted by molar-refractivity contribution is 5.34. The van der Waals surface area contributed by atoms with Gasteiger partial charge in [-0.05, 0) is 0 Å². The molecule has 1 aromatic heterocycles. The Morgan fingerprint density at radius 2 is 1.88 bits per heavy atom. The van der Waals surface area contributed by atoms with Crippen molar-refractivity contribution in [2.45, 2.75) is 6.18 Å². The van der Waals surface area contributed by atoms with Crippen LogP contribution in [-0.4, -0.2) is 34.8 Å². The first kappa shape index (κ1) is 12.2. The van der Waals surface area contributed by atoms with Gasteiger partial charge in [0.15, 0.2) is 0 Å². The minimum atomic E-state index is -4.36. The lowest BCUT2D eigenvalue weighted by Crippen LogP contribution is -2.23. The molecule has 10 heteroatoms. The van der Waals surface area contributed by atoms with Crippen molar-refractivity contribution >= 4 is 11.9 Å². The standard InChI is InChI=1S/C6H9F3N6O/c1-16-5-13-3(11-2-6(7,8)9)12-4(14-5)15-10/h2,10H2,1H3,(H2,11,12,13,14,15). The van der Waals surface area contributed by atoms with Gasteiger partial charge in [0, 0.05) is 0 Å². The highest BCUT2D eigenvalue weighted by Gasteiger charge is 2.27. The van der Waals surface area contributed by atoms with Gasteiger partial charge in [-0.2, -0.15) is 28.1 Å². The van der Waals surface area contributed by atoms with E-state index in [9.17, 15) is 13.2 Å². The average molecular weight is 238 g/mol. The molecule has 0 spiro atoms. The SMILES string of the molecule is COc1nc(NN)nc(NCC(F)(F)F)n1. The maximum atomic E-state index is 11.9. The van der Waals surface area contributed by atoms with E-state index in [1.807, 2.05) is 5.32 Å². The number of ether oxygens (including phenoxy) is 1. The third-order valence-corrected chi connectivity index (χ3v) is 1.37. The number of rotatable bonds is 4. The van der Waals surface area contributed by atoms with Crippen LogP contribution in [0.1, 0.15) is 0 Å². The molecule has 0 aliphatic heterocycles. The van der Waals surface area contributed by atoms with Crippen molar-refractivity contribution in [3.63, 3.8) is 0 Å². The lowest BCUT2D eigenvalue weighted by molar-refractivity contribution is -0.115. The molecule has 0 saturated heterocycles. The number of nitrogens with one attached hydrogen (secondary N) is 2. The predicted molar refractivity (Wildman–Crippen MR) is 48.7 cm³/mol. The zero-order valence-electron chi connectivity index (χ0n) is 8.17. The zero-order chi connectivity index (χ0) is 12.2. The summed E-state index contributed by atoms with van der Waals surface area (Å²) in [7, 11) is 1.27. The smallest absolute Gasteiger partial charge is 0.405 e. The number of hydrazine groups is 1. The molecule has 90 valence electrons. The van der Waals surface area contributed by atoms with Crippen LogP contribution in [0.5, 0.6) is 6.01 Å². The summed E-state index contributed by atoms with van der Waals surface area (Å²) in [6, 6.07) is -0.146. The quantitative estimate of drug-likeness (QED) is 0.507. The molecular formula is C6H9F3N6O. The van der Waals surface area contributed by atoms with Crippen LogP contribution in [0.4, 0.5) is 25.1 Å². The van der Waals surface area contributed by atoms with Gasteiger partial charge >= 0.3 is 12.2 Å². The molecule has 0 aliphatic rings. The van der Waals surface area contributed by atoms with Gasteiger partial charge in [-0.1, -0.05) is 0 Å². The van der Waals surface area contributed by atoms with Gasteiger partial charge in [-0.25, -0.2) is 5.84 Å². The molecule has 1 heterocycles. The van der Waals surface area contributed by atoms with Crippen molar-refractivity contribution in [3.8, 4) is 6.01 Å². The number of aromatic nitrogens is 3. The minimum absolute atomic E-state index is 0.100. The summed E-state index contributed by atoms with van der Waals surface area (Å²) < 4.78 is 40.4. The van der Waals surface area contributed by atoms with Crippen LogP contribution in [0, 0.1) is 0 Å². The number of hydrogen-bond acceptors (Lipinski definition) is 7. The van der Waals surface area contributed by atoms with E-state index in [-0.39, 0.29) is 17.9 Å². The first-order chi connectivity index (χ1) is 7.44. The van der Waals surface area contributed by atoms with E-state index in [4.69, 9.17) is 5.84 Å². The van der Waals surface area contributed by atoms with Crippen LogP contribution in [0.3, 0.4) is 0 Å². The maximum Gasteiger partial charge on any atom is 0.405 e. The summed E-state index contributed by atoms with van der Waals surface area (Å²) in [5.74, 6) is 4.64. The molecule has 0 atom stereocenters. The van der Waals surface area contributed by atoms with Crippen molar-refractivity contribution in [1.29, 1.82) is 0 Å². The molecule has 0 unspecified atom stereocenters. The van der Waals surface area contributed by atoms with E-state index in [0.717, 1.165) is 0 Å². The van der Waals surface area contributed by atoms with E-state index in [1.54, 1.807) is 0 Å². The molecule has 0 saturated carbocycles. The Bertz CT molecular complexity index is 334. The van der Waals surface area contributed by atoms with Gasteiger partial charge in [0.25, 0.3) is 0 Å². The van der Waals surface area contributed by atoms with Crippen LogP contribution < -0.4 is 21.3 Å². The Labute approximate surface area is 88.2 Å². The van der Waals surface area contributed by atoms with Crippen molar-refractivity contribution in [1.82, 2.24) is 15.0 Å². The van der Waals surface area contributed by atoms with Crippen LogP contribution in [0.15, 0.2) is 0 Å². The molecule has 16 heavy (non-hydrogen) atoms. The molecule has 1 aromatic rings. The van der Waals surface area contributed by atoms with Crippen LogP contribution in [0.2, 0.25) is 0 Å². The molecule has 7 nitrogen and oxygen atoms in total. The van der Waals surface area contributed by atoms with E-state index in [2.05, 4.69) is 25.1 Å². The van der Waals surface area contributed by atoms with Crippen molar-refractivity contribution in [2.75, 3.05) is 24.4 Å². The molecule has 0 bridgehead atoms. The van der Waals surface area contributed by atoms with Gasteiger partial charge in [0.2, 0.25) is 11.9 Å². The first-order valence-electron chi connectivity index (χ1n) is 4.02. The highest BCUT2D eigenvalue weighted by Crippen LogP contribution is 2.16. The summed E-state index contributed by atoms with van der Waals surface area (Å²) in [4.78, 5) is 10.7. The largest absolute Gasteiger partial charge is 0.467 e. The number of alkyl halides is 3. The topological polar surface area (TPSA) is 98.0 Å². The Balaban J connectivity index is 2.79. The monoisotopic (exact) mass is 238 g/mol. The lowest BCUT2D eigenvalue weighted by Gasteiger charge is -2.09. The fourth-order valence-electron chi connectivity index (χ4n) is 0.771. The Morgan fingerprint density at radius 3 is 2.38 bits per heavy atom. The number of halogens is 3. The summed E-state index contributed by atoms with van der Waals surface area (Å²) in [5, 5.41) is 1.97. The van der Waals surface area contributed by atoms with Gasteiger partial charge in [0.1, 0.15) is 6.54 Å². The minimum Gasteiger partial charge on any atom is -0.467 e. The third-order valence-electron chi connectivity index (χ3n) is 1.37. The van der Waals surface area contributed by atoms with E-state index in [1.165, 1.54) is 7.11 Å². The molecule has 1 rings (SSSR count). The summed E-state index contributed by atoms with van der Waals surface area (Å²) in [6.45, 7) is -1.26. The van der Waals surface area contributed by atoms with E-state index < -0.39 is 12.7 Å². The molecule has 0 aromatic carbocycles. The molecule has 0 amide bonds. The Hall–Kier alpha value is -1.84. The number of nitrogen functional groups attached to an aromatic ring is 1. The molecule has 0 aliphatic carbocycles.